The van der Waals surface area contributed by atoms with Gasteiger partial charge in [0.15, 0.2) is 0 Å². The Hall–Kier alpha value is -1.34. The van der Waals surface area contributed by atoms with E-state index in [0.29, 0.717) is 6.07 Å². The van der Waals surface area contributed by atoms with E-state index in [1.807, 2.05) is 0 Å². The summed E-state index contributed by atoms with van der Waals surface area (Å²) in [6, 6.07) is 2.12. The average Bonchev–Trinajstić information content (AvgIpc) is 2.35. The molecule has 0 aliphatic heterocycles. The van der Waals surface area contributed by atoms with Crippen LogP contribution >= 0.6 is 0 Å². The van der Waals surface area contributed by atoms with Gasteiger partial charge in [0.1, 0.15) is 0 Å². The minimum Gasteiger partial charge on any atom is -0.194 e. The van der Waals surface area contributed by atoms with Gasteiger partial charge in [-0.25, -0.2) is 0 Å². The minimum atomic E-state index is -6.18. The molecule has 112 valence electrons. The van der Waals surface area contributed by atoms with Crippen LogP contribution in [-0.2, 0) is 18.3 Å². The van der Waals surface area contributed by atoms with Crippen LogP contribution in [0.25, 0.3) is 0 Å². The number of rotatable bonds is 1. The molecule has 0 radical (unpaired) electrons. The van der Waals surface area contributed by atoms with E-state index in [4.69, 9.17) is 0 Å². The number of alkyl halides is 8. The van der Waals surface area contributed by atoms with Crippen LogP contribution in [0, 0.1) is 0 Å². The van der Waals surface area contributed by atoms with Gasteiger partial charge in [0.05, 0.1) is 0 Å². The first-order valence-corrected chi connectivity index (χ1v) is 5.57. The van der Waals surface area contributed by atoms with Gasteiger partial charge >= 0.3 is 23.7 Å². The molecule has 1 aliphatic rings. The second-order valence-electron chi connectivity index (χ2n) is 4.49. The normalized spacial score (nSPS) is 25.1. The third kappa shape index (κ3) is 1.42. The molecule has 20 heavy (non-hydrogen) atoms. The Balaban J connectivity index is 2.93. The van der Waals surface area contributed by atoms with Gasteiger partial charge in [0, 0.05) is 11.1 Å². The zero-order valence-corrected chi connectivity index (χ0v) is 9.96. The van der Waals surface area contributed by atoms with Crippen LogP contribution in [0.1, 0.15) is 23.6 Å². The van der Waals surface area contributed by atoms with Gasteiger partial charge in [0.2, 0.25) is 0 Å². The molecule has 0 spiro atoms. The summed E-state index contributed by atoms with van der Waals surface area (Å²) in [5, 5.41) is 0. The van der Waals surface area contributed by atoms with Gasteiger partial charge in [0.25, 0.3) is 0 Å². The van der Waals surface area contributed by atoms with E-state index < -0.39 is 40.4 Å². The summed E-state index contributed by atoms with van der Waals surface area (Å²) < 4.78 is 107. The summed E-state index contributed by atoms with van der Waals surface area (Å²) in [7, 11) is 0. The maximum absolute atomic E-state index is 13.7. The molecule has 0 N–H and O–H groups in total. The predicted octanol–water partition coefficient (Wildman–Crippen LogP) is 4.72. The fourth-order valence-corrected chi connectivity index (χ4v) is 2.25. The van der Waals surface area contributed by atoms with E-state index in [-0.39, 0.29) is 6.42 Å². The van der Waals surface area contributed by atoms with Crippen molar-refractivity contribution < 1.29 is 35.1 Å². The second kappa shape index (κ2) is 3.85. The summed E-state index contributed by atoms with van der Waals surface area (Å²) in [5.74, 6) is -23.1. The Kier molecular flexibility index (Phi) is 2.90. The highest BCUT2D eigenvalue weighted by Gasteiger charge is 2.85. The summed E-state index contributed by atoms with van der Waals surface area (Å²) in [6.45, 7) is 1.27. The molecule has 1 aliphatic carbocycles. The number of benzene rings is 1. The largest absolute Gasteiger partial charge is 0.382 e. The lowest BCUT2D eigenvalue weighted by Gasteiger charge is -2.43. The van der Waals surface area contributed by atoms with E-state index in [9.17, 15) is 35.1 Å². The van der Waals surface area contributed by atoms with Crippen LogP contribution in [0.3, 0.4) is 0 Å². The minimum absolute atomic E-state index is 0.267. The van der Waals surface area contributed by atoms with Gasteiger partial charge in [-0.05, 0) is 12.0 Å². The molecule has 0 aromatic heterocycles. The van der Waals surface area contributed by atoms with E-state index in [1.54, 1.807) is 0 Å². The number of hydrogen-bond acceptors (Lipinski definition) is 0. The number of hydrogen-bond donors (Lipinski definition) is 0. The predicted molar refractivity (Wildman–Crippen MR) is 53.5 cm³/mol. The highest BCUT2D eigenvalue weighted by atomic mass is 19.4. The van der Waals surface area contributed by atoms with Gasteiger partial charge < -0.3 is 0 Å². The van der Waals surface area contributed by atoms with Crippen LogP contribution in [0.5, 0.6) is 0 Å². The molecule has 8 heteroatoms. The van der Waals surface area contributed by atoms with Gasteiger partial charge in [-0.1, -0.05) is 25.1 Å². The Morgan fingerprint density at radius 2 is 1.30 bits per heavy atom. The smallest absolute Gasteiger partial charge is 0.194 e. The van der Waals surface area contributed by atoms with Gasteiger partial charge in [-0.15, -0.1) is 0 Å². The Morgan fingerprint density at radius 3 is 1.80 bits per heavy atom. The first-order chi connectivity index (χ1) is 8.93. The lowest BCUT2D eigenvalue weighted by atomic mass is 9.77. The van der Waals surface area contributed by atoms with E-state index in [2.05, 4.69) is 0 Å². The van der Waals surface area contributed by atoms with Crippen LogP contribution in [-0.4, -0.2) is 11.8 Å². The SMILES string of the molecule is CCc1cccc2c1C(F)(F)C(F)(F)C(F)(F)C2(F)F. The molecule has 0 fully saturated rings. The van der Waals surface area contributed by atoms with Crippen molar-refractivity contribution in [3.05, 3.63) is 34.9 Å². The van der Waals surface area contributed by atoms with Crippen LogP contribution in [0.4, 0.5) is 35.1 Å². The summed E-state index contributed by atoms with van der Waals surface area (Å²) >= 11 is 0. The molecule has 0 saturated heterocycles. The number of fused-ring (bicyclic) bond motifs is 1. The summed E-state index contributed by atoms with van der Waals surface area (Å²) in [5.41, 5.74) is -3.97. The molecule has 1 aromatic rings. The Bertz CT molecular complexity index is 546. The van der Waals surface area contributed by atoms with Gasteiger partial charge in [-0.2, -0.15) is 35.1 Å². The Morgan fingerprint density at radius 1 is 0.800 bits per heavy atom. The first-order valence-electron chi connectivity index (χ1n) is 5.57. The lowest BCUT2D eigenvalue weighted by Crippen LogP contribution is -2.64. The quantitative estimate of drug-likeness (QED) is 0.659. The van der Waals surface area contributed by atoms with Crippen molar-refractivity contribution >= 4 is 0 Å². The maximum atomic E-state index is 13.7. The van der Waals surface area contributed by atoms with E-state index in [0.717, 1.165) is 12.1 Å². The van der Waals surface area contributed by atoms with Crippen molar-refractivity contribution in [2.24, 2.45) is 0 Å². The summed E-state index contributed by atoms with van der Waals surface area (Å²) in [6.07, 6.45) is -0.267. The van der Waals surface area contributed by atoms with Crippen LogP contribution < -0.4 is 0 Å². The molecule has 0 unspecified atom stereocenters. The molecule has 0 amide bonds. The molecule has 0 bridgehead atoms. The van der Waals surface area contributed by atoms with Crippen LogP contribution in [0.2, 0.25) is 0 Å². The molecule has 1 aromatic carbocycles. The second-order valence-corrected chi connectivity index (χ2v) is 4.49. The number of halogens is 8. The zero-order chi connectivity index (χ0) is 15.6. The summed E-state index contributed by atoms with van der Waals surface area (Å²) in [4.78, 5) is 0. The number of aryl methyl sites for hydroxylation is 1. The highest BCUT2D eigenvalue weighted by Crippen LogP contribution is 2.65. The molecule has 0 heterocycles. The maximum Gasteiger partial charge on any atom is 0.382 e. The average molecular weight is 304 g/mol. The molecule has 0 nitrogen and oxygen atoms in total. The van der Waals surface area contributed by atoms with Crippen LogP contribution in [0.15, 0.2) is 18.2 Å². The fourth-order valence-electron chi connectivity index (χ4n) is 2.25. The fraction of sp³-hybridized carbons (Fsp3) is 0.500. The van der Waals surface area contributed by atoms with Crippen molar-refractivity contribution in [1.82, 2.24) is 0 Å². The monoisotopic (exact) mass is 304 g/mol. The van der Waals surface area contributed by atoms with Gasteiger partial charge in [-0.3, -0.25) is 0 Å². The van der Waals surface area contributed by atoms with Crippen molar-refractivity contribution in [2.75, 3.05) is 0 Å². The first kappa shape index (κ1) is 15.1. The van der Waals surface area contributed by atoms with Crippen molar-refractivity contribution in [2.45, 2.75) is 37.0 Å². The highest BCUT2D eigenvalue weighted by molar-refractivity contribution is 5.47. The van der Waals surface area contributed by atoms with Crippen molar-refractivity contribution in [3.63, 3.8) is 0 Å². The molecular weight excluding hydrogens is 296 g/mol. The lowest BCUT2D eigenvalue weighted by molar-refractivity contribution is -0.386. The topological polar surface area (TPSA) is 0 Å². The third-order valence-corrected chi connectivity index (χ3v) is 3.37. The molecule has 2 rings (SSSR count). The van der Waals surface area contributed by atoms with Crippen molar-refractivity contribution in [1.29, 1.82) is 0 Å². The standard InChI is InChI=1S/C12H8F8/c1-2-6-4-3-5-7-8(6)10(15,16)12(19,20)11(17,18)9(7,13)14/h3-5H,2H2,1H3. The van der Waals surface area contributed by atoms with Crippen molar-refractivity contribution in [3.8, 4) is 0 Å². The zero-order valence-electron chi connectivity index (χ0n) is 9.96. The Labute approximate surface area is 108 Å². The van der Waals surface area contributed by atoms with E-state index >= 15 is 0 Å². The third-order valence-electron chi connectivity index (χ3n) is 3.37. The molecule has 0 saturated carbocycles. The van der Waals surface area contributed by atoms with E-state index in [1.165, 1.54) is 6.92 Å². The molecule has 0 atom stereocenters. The molecular formula is C12H8F8.